The van der Waals surface area contributed by atoms with Crippen molar-refractivity contribution < 1.29 is 22.4 Å². The summed E-state index contributed by atoms with van der Waals surface area (Å²) in [5, 5.41) is 8.75. The number of amides is 1. The summed E-state index contributed by atoms with van der Waals surface area (Å²) in [6.45, 7) is 0.445. The van der Waals surface area contributed by atoms with Crippen LogP contribution in [-0.4, -0.2) is 50.1 Å². The van der Waals surface area contributed by atoms with Crippen LogP contribution < -0.4 is 0 Å². The summed E-state index contributed by atoms with van der Waals surface area (Å²) < 4.78 is 46.4. The average Bonchev–Trinajstić information content (AvgIpc) is 3.28. The van der Waals surface area contributed by atoms with Crippen LogP contribution in [0.1, 0.15) is 19.8 Å². The highest BCUT2D eigenvalue weighted by molar-refractivity contribution is 7.99. The summed E-state index contributed by atoms with van der Waals surface area (Å²) in [6.07, 6.45) is -1.22. The van der Waals surface area contributed by atoms with Crippen molar-refractivity contribution in [3.05, 3.63) is 48.7 Å². The molecule has 1 aliphatic rings. The second-order valence-corrected chi connectivity index (χ2v) is 8.40. The fraction of sp³-hybridized carbons (Fsp3) is 0.381. The topological polar surface area (TPSA) is 64.2 Å². The molecule has 0 saturated heterocycles. The summed E-state index contributed by atoms with van der Waals surface area (Å²) in [7, 11) is 0. The maximum Gasteiger partial charge on any atom is 0.406 e. The minimum atomic E-state index is -4.44. The third-order valence-corrected chi connectivity index (χ3v) is 6.09. The van der Waals surface area contributed by atoms with E-state index in [0.717, 1.165) is 35.2 Å². The van der Waals surface area contributed by atoms with Gasteiger partial charge in [-0.2, -0.15) is 13.2 Å². The van der Waals surface area contributed by atoms with Gasteiger partial charge in [-0.3, -0.25) is 9.36 Å². The molecule has 0 radical (unpaired) electrons. The number of halogens is 3. The van der Waals surface area contributed by atoms with Gasteiger partial charge < -0.3 is 9.32 Å². The number of para-hydroxylation sites is 1. The highest BCUT2D eigenvalue weighted by atomic mass is 32.2. The van der Waals surface area contributed by atoms with Crippen LogP contribution in [0.4, 0.5) is 13.2 Å². The smallest absolute Gasteiger partial charge is 0.406 e. The van der Waals surface area contributed by atoms with E-state index in [0.29, 0.717) is 16.7 Å². The molecule has 2 aromatic heterocycles. The van der Waals surface area contributed by atoms with Crippen molar-refractivity contribution in [2.24, 2.45) is 5.92 Å². The van der Waals surface area contributed by atoms with E-state index in [4.69, 9.17) is 4.42 Å². The first kappa shape index (κ1) is 21.5. The van der Waals surface area contributed by atoms with Gasteiger partial charge in [0, 0.05) is 11.7 Å². The lowest BCUT2D eigenvalue weighted by Gasteiger charge is -2.30. The first-order valence-corrected chi connectivity index (χ1v) is 10.9. The summed E-state index contributed by atoms with van der Waals surface area (Å²) in [5.41, 5.74) is 0.757. The minimum absolute atomic E-state index is 0.134. The molecule has 2 heterocycles. The zero-order valence-corrected chi connectivity index (χ0v) is 17.6. The Morgan fingerprint density at radius 2 is 1.97 bits per heavy atom. The second kappa shape index (κ2) is 8.78. The van der Waals surface area contributed by atoms with Crippen molar-refractivity contribution >= 4 is 17.7 Å². The van der Waals surface area contributed by atoms with Crippen LogP contribution in [0.3, 0.4) is 0 Å². The van der Waals surface area contributed by atoms with Crippen LogP contribution in [0.25, 0.3) is 17.3 Å². The fourth-order valence-electron chi connectivity index (χ4n) is 3.43. The number of thioether (sulfide) groups is 1. The Hall–Kier alpha value is -2.75. The SMILES string of the molecule is CC(C1CC1)N(CC(F)(F)F)C(=O)CSc1nnc(-c2ccco2)n1-c1ccccc1. The quantitative estimate of drug-likeness (QED) is 0.461. The van der Waals surface area contributed by atoms with Crippen LogP contribution in [0.15, 0.2) is 58.3 Å². The number of carbonyl (C=O) groups excluding carboxylic acids is 1. The Labute approximate surface area is 181 Å². The van der Waals surface area contributed by atoms with E-state index in [1.807, 2.05) is 30.3 Å². The van der Waals surface area contributed by atoms with Gasteiger partial charge >= 0.3 is 6.18 Å². The van der Waals surface area contributed by atoms with Crippen molar-refractivity contribution in [1.82, 2.24) is 19.7 Å². The zero-order valence-electron chi connectivity index (χ0n) is 16.7. The van der Waals surface area contributed by atoms with Crippen LogP contribution in [-0.2, 0) is 4.79 Å². The number of furan rings is 1. The number of rotatable bonds is 8. The minimum Gasteiger partial charge on any atom is -0.461 e. The molecule has 4 rings (SSSR count). The van der Waals surface area contributed by atoms with Gasteiger partial charge in [-0.15, -0.1) is 10.2 Å². The lowest BCUT2D eigenvalue weighted by atomic mass is 10.2. The lowest BCUT2D eigenvalue weighted by Crippen LogP contribution is -2.46. The van der Waals surface area contributed by atoms with Gasteiger partial charge in [0.05, 0.1) is 12.0 Å². The van der Waals surface area contributed by atoms with Crippen molar-refractivity contribution in [3.8, 4) is 17.3 Å². The predicted octanol–water partition coefficient (Wildman–Crippen LogP) is 4.81. The molecule has 31 heavy (non-hydrogen) atoms. The third-order valence-electron chi connectivity index (χ3n) is 5.18. The Morgan fingerprint density at radius 3 is 2.58 bits per heavy atom. The van der Waals surface area contributed by atoms with E-state index in [1.165, 1.54) is 6.26 Å². The van der Waals surface area contributed by atoms with Gasteiger partial charge in [-0.1, -0.05) is 30.0 Å². The molecular formula is C21H21F3N4O2S. The first-order chi connectivity index (χ1) is 14.8. The highest BCUT2D eigenvalue weighted by Gasteiger charge is 2.40. The largest absolute Gasteiger partial charge is 0.461 e. The second-order valence-electron chi connectivity index (χ2n) is 7.46. The van der Waals surface area contributed by atoms with E-state index < -0.39 is 24.7 Å². The molecule has 1 atom stereocenters. The molecule has 164 valence electrons. The van der Waals surface area contributed by atoms with Crippen molar-refractivity contribution in [1.29, 1.82) is 0 Å². The molecule has 6 nitrogen and oxygen atoms in total. The van der Waals surface area contributed by atoms with Gasteiger partial charge in [0.1, 0.15) is 6.54 Å². The molecule has 10 heteroatoms. The van der Waals surface area contributed by atoms with Gasteiger partial charge in [0.25, 0.3) is 0 Å². The van der Waals surface area contributed by atoms with Gasteiger partial charge in [0.2, 0.25) is 11.7 Å². The van der Waals surface area contributed by atoms with Crippen molar-refractivity contribution in [2.45, 2.75) is 37.1 Å². The number of alkyl halides is 3. The number of aromatic nitrogens is 3. The molecule has 3 aromatic rings. The number of benzene rings is 1. The van der Waals surface area contributed by atoms with Crippen LogP contribution in [0.2, 0.25) is 0 Å². The number of nitrogens with zero attached hydrogens (tertiary/aromatic N) is 4. The van der Waals surface area contributed by atoms with E-state index in [9.17, 15) is 18.0 Å². The number of hydrogen-bond acceptors (Lipinski definition) is 5. The molecule has 1 aromatic carbocycles. The Kier molecular flexibility index (Phi) is 6.08. The summed E-state index contributed by atoms with van der Waals surface area (Å²) in [4.78, 5) is 13.7. The van der Waals surface area contributed by atoms with E-state index in [-0.39, 0.29) is 11.7 Å². The highest BCUT2D eigenvalue weighted by Crippen LogP contribution is 2.37. The summed E-state index contributed by atoms with van der Waals surface area (Å²) >= 11 is 1.06. The van der Waals surface area contributed by atoms with Crippen LogP contribution >= 0.6 is 11.8 Å². The van der Waals surface area contributed by atoms with Crippen molar-refractivity contribution in [3.63, 3.8) is 0 Å². The predicted molar refractivity (Wildman–Crippen MR) is 110 cm³/mol. The van der Waals surface area contributed by atoms with Crippen LogP contribution in [0, 0.1) is 5.92 Å². The molecule has 0 N–H and O–H groups in total. The maximum absolute atomic E-state index is 13.1. The van der Waals surface area contributed by atoms with Crippen molar-refractivity contribution in [2.75, 3.05) is 12.3 Å². The van der Waals surface area contributed by atoms with Gasteiger partial charge in [-0.05, 0) is 49.9 Å². The fourth-order valence-corrected chi connectivity index (χ4v) is 4.27. The van der Waals surface area contributed by atoms with Crippen LogP contribution in [0.5, 0.6) is 0 Å². The Bertz CT molecular complexity index is 1020. The van der Waals surface area contributed by atoms with E-state index >= 15 is 0 Å². The normalized spacial score (nSPS) is 15.1. The first-order valence-electron chi connectivity index (χ1n) is 9.87. The summed E-state index contributed by atoms with van der Waals surface area (Å²) in [5.74, 6) is 0.343. The molecule has 1 saturated carbocycles. The standard InChI is InChI=1S/C21H21F3N4O2S/c1-14(15-9-10-15)27(13-21(22,23)24)18(29)12-31-20-26-25-19(17-8-5-11-30-17)28(20)16-6-3-2-4-7-16/h2-8,11,14-15H,9-10,12-13H2,1H3. The molecule has 1 aliphatic carbocycles. The lowest BCUT2D eigenvalue weighted by molar-refractivity contribution is -0.164. The molecule has 1 fully saturated rings. The summed E-state index contributed by atoms with van der Waals surface area (Å²) in [6, 6.07) is 12.3. The Balaban J connectivity index is 1.57. The molecular weight excluding hydrogens is 429 g/mol. The molecule has 0 bridgehead atoms. The van der Waals surface area contributed by atoms with E-state index in [1.54, 1.807) is 23.6 Å². The maximum atomic E-state index is 13.1. The van der Waals surface area contributed by atoms with E-state index in [2.05, 4.69) is 10.2 Å². The third kappa shape index (κ3) is 5.12. The number of hydrogen-bond donors (Lipinski definition) is 0. The molecule has 0 aliphatic heterocycles. The zero-order chi connectivity index (χ0) is 22.0. The molecule has 0 spiro atoms. The van der Waals surface area contributed by atoms with Gasteiger partial charge in [-0.25, -0.2) is 0 Å². The molecule has 1 amide bonds. The molecule has 1 unspecified atom stereocenters. The average molecular weight is 450 g/mol. The number of carbonyl (C=O) groups is 1. The monoisotopic (exact) mass is 450 g/mol. The van der Waals surface area contributed by atoms with Gasteiger partial charge in [0.15, 0.2) is 10.9 Å². The Morgan fingerprint density at radius 1 is 1.23 bits per heavy atom.